The van der Waals surface area contributed by atoms with E-state index < -0.39 is 11.8 Å². The maximum absolute atomic E-state index is 13.3. The topological polar surface area (TPSA) is 88.2 Å². The summed E-state index contributed by atoms with van der Waals surface area (Å²) in [6.07, 6.45) is 3.57. The van der Waals surface area contributed by atoms with E-state index in [2.05, 4.69) is 24.3 Å². The van der Waals surface area contributed by atoms with Gasteiger partial charge in [-0.15, -0.1) is 0 Å². The number of amides is 2. The first-order valence-electron chi connectivity index (χ1n) is 14.0. The highest BCUT2D eigenvalue weighted by Crippen LogP contribution is 2.32. The lowest BCUT2D eigenvalue weighted by molar-refractivity contribution is -0.140. The number of aromatic nitrogens is 2. The molecular formula is C36H28N4O3. The molecule has 4 aromatic carbocycles. The van der Waals surface area contributed by atoms with Gasteiger partial charge in [-0.3, -0.25) is 14.5 Å². The fourth-order valence-corrected chi connectivity index (χ4v) is 5.29. The lowest BCUT2D eigenvalue weighted by atomic mass is 9.93. The zero-order chi connectivity index (χ0) is 29.9. The van der Waals surface area contributed by atoms with Crippen LogP contribution in [-0.4, -0.2) is 33.0 Å². The van der Waals surface area contributed by atoms with Gasteiger partial charge in [0.1, 0.15) is 24.0 Å². The number of nitrogens with zero attached hydrogens (tertiary/aromatic N) is 4. The number of carbonyl (C=O) groups excluding carboxylic acids is 2. The number of likely N-dealkylation sites (N-methyl/N-ethyl adjacent to an activating group) is 1. The van der Waals surface area contributed by atoms with Crippen LogP contribution in [0.25, 0.3) is 33.8 Å². The van der Waals surface area contributed by atoms with Crippen LogP contribution in [0, 0.1) is 11.3 Å². The van der Waals surface area contributed by atoms with Crippen LogP contribution in [-0.2, 0) is 16.2 Å². The molecule has 1 aromatic heterocycles. The van der Waals surface area contributed by atoms with Crippen LogP contribution in [0.15, 0.2) is 120 Å². The van der Waals surface area contributed by atoms with Crippen molar-refractivity contribution < 1.29 is 14.3 Å². The molecule has 0 aliphatic carbocycles. The highest BCUT2D eigenvalue weighted by atomic mass is 16.5. The first kappa shape index (κ1) is 27.4. The minimum absolute atomic E-state index is 0.0302. The fraction of sp³-hybridized carbons (Fsp3) is 0.111. The Kier molecular flexibility index (Phi) is 7.42. The molecule has 0 bridgehead atoms. The molecule has 7 nitrogen and oxygen atoms in total. The second kappa shape index (κ2) is 11.6. The maximum Gasteiger partial charge on any atom is 0.271 e. The smallest absolute Gasteiger partial charge is 0.271 e. The van der Waals surface area contributed by atoms with E-state index in [-0.39, 0.29) is 12.1 Å². The molecule has 0 saturated carbocycles. The zero-order valence-corrected chi connectivity index (χ0v) is 23.8. The molecule has 0 fully saturated rings. The summed E-state index contributed by atoms with van der Waals surface area (Å²) in [6, 6.07) is 33.8. The number of para-hydroxylation sites is 1. The molecular weight excluding hydrogens is 536 g/mol. The molecule has 0 radical (unpaired) electrons. The number of carbonyl (C=O) groups is 2. The summed E-state index contributed by atoms with van der Waals surface area (Å²) in [6.45, 7) is 3.95. The predicted octanol–water partition coefficient (Wildman–Crippen LogP) is 6.88. The number of hydrogen-bond donors (Lipinski definition) is 0. The van der Waals surface area contributed by atoms with Crippen LogP contribution in [0.2, 0.25) is 0 Å². The molecule has 43 heavy (non-hydrogen) atoms. The van der Waals surface area contributed by atoms with Crippen molar-refractivity contribution in [3.8, 4) is 28.8 Å². The number of rotatable bonds is 7. The van der Waals surface area contributed by atoms with Gasteiger partial charge in [-0.1, -0.05) is 60.7 Å². The second-order valence-electron chi connectivity index (χ2n) is 10.2. The van der Waals surface area contributed by atoms with Gasteiger partial charge >= 0.3 is 0 Å². The Hall–Kier alpha value is -5.74. The summed E-state index contributed by atoms with van der Waals surface area (Å²) in [5.74, 6) is -0.278. The van der Waals surface area contributed by atoms with Crippen LogP contribution in [0.5, 0.6) is 5.75 Å². The highest BCUT2D eigenvalue weighted by molar-refractivity contribution is 6.19. The van der Waals surface area contributed by atoms with E-state index in [1.807, 2.05) is 85.1 Å². The van der Waals surface area contributed by atoms with Crippen molar-refractivity contribution in [3.05, 3.63) is 131 Å². The Morgan fingerprint density at radius 1 is 0.884 bits per heavy atom. The molecule has 0 N–H and O–H groups in total. The van der Waals surface area contributed by atoms with Crippen molar-refractivity contribution in [3.63, 3.8) is 0 Å². The van der Waals surface area contributed by atoms with Gasteiger partial charge in [0.05, 0.1) is 11.4 Å². The summed E-state index contributed by atoms with van der Waals surface area (Å²) in [5, 5.41) is 16.9. The normalized spacial score (nSPS) is 14.4. The number of ether oxygens (including phenoxy) is 1. The van der Waals surface area contributed by atoms with E-state index >= 15 is 0 Å². The zero-order valence-electron chi connectivity index (χ0n) is 23.8. The summed E-state index contributed by atoms with van der Waals surface area (Å²) in [5.41, 5.74) is 4.74. The standard InChI is InChI=1S/C36H28N4O3/c1-3-39-35(41)32(24(2)33(21-37)36(39)42)20-28-22-40(29-13-5-4-6-14-29)38-34(28)26-16-18-30(19-17-26)43-23-27-12-9-11-25-10-7-8-15-31(25)27/h4-20,22H,3,23H2,1-2H3/b32-20+. The number of hydrogen-bond acceptors (Lipinski definition) is 5. The predicted molar refractivity (Wildman–Crippen MR) is 166 cm³/mol. The van der Waals surface area contributed by atoms with E-state index in [0.29, 0.717) is 29.0 Å². The molecule has 7 heteroatoms. The summed E-state index contributed by atoms with van der Waals surface area (Å²) in [4.78, 5) is 27.1. The summed E-state index contributed by atoms with van der Waals surface area (Å²) < 4.78 is 7.90. The van der Waals surface area contributed by atoms with E-state index in [1.165, 1.54) is 5.39 Å². The quantitative estimate of drug-likeness (QED) is 0.159. The van der Waals surface area contributed by atoms with Gasteiger partial charge < -0.3 is 4.74 Å². The van der Waals surface area contributed by atoms with E-state index in [4.69, 9.17) is 9.84 Å². The summed E-state index contributed by atoms with van der Waals surface area (Å²) in [7, 11) is 0. The van der Waals surface area contributed by atoms with Crippen LogP contribution >= 0.6 is 0 Å². The van der Waals surface area contributed by atoms with Gasteiger partial charge in [-0.05, 0) is 78.2 Å². The van der Waals surface area contributed by atoms with Crippen molar-refractivity contribution in [2.45, 2.75) is 20.5 Å². The Labute approximate surface area is 249 Å². The van der Waals surface area contributed by atoms with Crippen LogP contribution in [0.3, 0.4) is 0 Å². The average molecular weight is 565 g/mol. The van der Waals surface area contributed by atoms with Crippen molar-refractivity contribution in [2.24, 2.45) is 0 Å². The van der Waals surface area contributed by atoms with Gasteiger partial charge in [0, 0.05) is 29.4 Å². The molecule has 6 rings (SSSR count). The Balaban J connectivity index is 1.36. The van der Waals surface area contributed by atoms with E-state index in [0.717, 1.165) is 32.8 Å². The number of benzene rings is 4. The minimum Gasteiger partial charge on any atom is -0.489 e. The van der Waals surface area contributed by atoms with Crippen molar-refractivity contribution in [2.75, 3.05) is 6.54 Å². The molecule has 1 aliphatic rings. The van der Waals surface area contributed by atoms with Gasteiger partial charge in [-0.2, -0.15) is 10.4 Å². The first-order valence-corrected chi connectivity index (χ1v) is 14.0. The Morgan fingerprint density at radius 2 is 1.60 bits per heavy atom. The molecule has 0 atom stereocenters. The first-order chi connectivity index (χ1) is 21.0. The van der Waals surface area contributed by atoms with Crippen molar-refractivity contribution in [1.29, 1.82) is 5.26 Å². The molecule has 0 spiro atoms. The number of imide groups is 1. The van der Waals surface area contributed by atoms with Crippen LogP contribution in [0.1, 0.15) is 25.0 Å². The molecule has 2 heterocycles. The molecule has 0 saturated heterocycles. The Morgan fingerprint density at radius 3 is 2.35 bits per heavy atom. The molecule has 2 amide bonds. The third kappa shape index (κ3) is 5.22. The largest absolute Gasteiger partial charge is 0.489 e. The van der Waals surface area contributed by atoms with Crippen LogP contribution in [0.4, 0.5) is 0 Å². The lowest BCUT2D eigenvalue weighted by Gasteiger charge is -2.26. The average Bonchev–Trinajstić information content (AvgIpc) is 3.47. The van der Waals surface area contributed by atoms with Gasteiger partial charge in [0.2, 0.25) is 0 Å². The van der Waals surface area contributed by atoms with E-state index in [1.54, 1.807) is 24.6 Å². The fourth-order valence-electron chi connectivity index (χ4n) is 5.29. The third-order valence-corrected chi connectivity index (χ3v) is 7.61. The minimum atomic E-state index is -0.566. The van der Waals surface area contributed by atoms with Crippen molar-refractivity contribution >= 4 is 28.7 Å². The SMILES string of the molecule is CCN1C(=O)C(C#N)=C(C)/C(=C\c2cn(-c3ccccc3)nc2-c2ccc(OCc3cccc4ccccc34)cc2)C1=O. The maximum atomic E-state index is 13.3. The molecule has 0 unspecified atom stereocenters. The number of fused-ring (bicyclic) bond motifs is 1. The molecule has 1 aliphatic heterocycles. The Bertz CT molecular complexity index is 1960. The second-order valence-corrected chi connectivity index (χ2v) is 10.2. The van der Waals surface area contributed by atoms with Crippen molar-refractivity contribution in [1.82, 2.24) is 14.7 Å². The van der Waals surface area contributed by atoms with E-state index in [9.17, 15) is 14.9 Å². The van der Waals surface area contributed by atoms with Gasteiger partial charge in [0.25, 0.3) is 11.8 Å². The van der Waals surface area contributed by atoms with Gasteiger partial charge in [-0.25, -0.2) is 4.68 Å². The highest BCUT2D eigenvalue weighted by Gasteiger charge is 2.34. The number of nitriles is 1. The summed E-state index contributed by atoms with van der Waals surface area (Å²) >= 11 is 0. The molecule has 5 aromatic rings. The lowest BCUT2D eigenvalue weighted by Crippen LogP contribution is -2.42. The molecule has 210 valence electrons. The van der Waals surface area contributed by atoms with Crippen LogP contribution < -0.4 is 4.74 Å². The third-order valence-electron chi connectivity index (χ3n) is 7.61. The van der Waals surface area contributed by atoms with Gasteiger partial charge in [0.15, 0.2) is 0 Å². The monoisotopic (exact) mass is 564 g/mol.